The summed E-state index contributed by atoms with van der Waals surface area (Å²) in [5, 5.41) is 48.9. The number of likely N-dealkylation sites (N-methyl/N-ethyl adjacent to an activating group) is 1. The number of nitrogens with zero attached hydrogens (tertiary/aromatic N) is 3. The summed E-state index contributed by atoms with van der Waals surface area (Å²) < 4.78 is 0. The van der Waals surface area contributed by atoms with E-state index >= 15 is 0 Å². The van der Waals surface area contributed by atoms with Crippen LogP contribution in [0.3, 0.4) is 0 Å². The van der Waals surface area contributed by atoms with Crippen LogP contribution in [0.15, 0.2) is 28.7 Å². The molecule has 0 bridgehead atoms. The van der Waals surface area contributed by atoms with Crippen molar-refractivity contribution in [3.05, 3.63) is 39.9 Å². The zero-order valence-corrected chi connectivity index (χ0v) is 30.0. The number of phenolic OH excluding ortho intramolecular Hbond substituents is 1. The third-order valence-electron chi connectivity index (χ3n) is 12.2. The molecule has 1 heterocycles. The van der Waals surface area contributed by atoms with Crippen molar-refractivity contribution in [3.63, 3.8) is 0 Å². The first kappa shape index (κ1) is 35.9. The van der Waals surface area contributed by atoms with Gasteiger partial charge in [-0.1, -0.05) is 20.8 Å². The number of ketones is 2. The topological polar surface area (TPSA) is 197 Å². The molecule has 13 heteroatoms. The van der Waals surface area contributed by atoms with Gasteiger partial charge in [0.25, 0.3) is 5.91 Å². The molecule has 1 saturated heterocycles. The minimum atomic E-state index is -2.72. The lowest BCUT2D eigenvalue weighted by atomic mass is 9.58. The highest BCUT2D eigenvalue weighted by Crippen LogP contribution is 2.54. The van der Waals surface area contributed by atoms with Gasteiger partial charge in [0.15, 0.2) is 17.1 Å². The van der Waals surface area contributed by atoms with Crippen LogP contribution >= 0.6 is 0 Å². The Bertz CT molecular complexity index is 1710. The van der Waals surface area contributed by atoms with Gasteiger partial charge in [-0.2, -0.15) is 0 Å². The van der Waals surface area contributed by atoms with Crippen molar-refractivity contribution in [2.75, 3.05) is 51.5 Å². The summed E-state index contributed by atoms with van der Waals surface area (Å²) in [6.45, 7) is 8.11. The smallest absolute Gasteiger partial charge is 0.255 e. The van der Waals surface area contributed by atoms with Gasteiger partial charge in [0.2, 0.25) is 11.7 Å². The van der Waals surface area contributed by atoms with Gasteiger partial charge >= 0.3 is 0 Å². The number of Topliss-reactive ketones (excluding diaryl/α,β-unsaturated/α-hetero) is 2. The Kier molecular flexibility index (Phi) is 8.88. The standard InChI is InChI=1S/C37H51N5O8/c1-36(2,3)19-8-10-20(11-9-19)42-15-18(16-42)35(49)39-23-14-24(40(4)5)21-12-17-13-22-28(41(6)7)31(45)27(34(38)48)33(47)37(22,50)32(46)25(17)30(44)26(21)29(23)43/h14,17-20,22,28,43,45-46,50H,8-13,15-16H2,1-7H3,(H2,38,48)(H,39,49)/t17-,19?,20?,22-,28-,37-/m0/s1. The van der Waals surface area contributed by atoms with Crippen molar-refractivity contribution < 1.29 is 39.6 Å². The molecule has 50 heavy (non-hydrogen) atoms. The predicted molar refractivity (Wildman–Crippen MR) is 187 cm³/mol. The molecule has 4 aliphatic carbocycles. The molecule has 1 saturated carbocycles. The number of primary amides is 1. The van der Waals surface area contributed by atoms with Crippen LogP contribution in [0.25, 0.3) is 0 Å². The van der Waals surface area contributed by atoms with Gasteiger partial charge in [-0.05, 0) is 81.5 Å². The number of rotatable bonds is 6. The normalized spacial score (nSPS) is 30.5. The Balaban J connectivity index is 1.29. The number of hydrogen-bond donors (Lipinski definition) is 6. The van der Waals surface area contributed by atoms with Crippen molar-refractivity contribution in [1.82, 2.24) is 9.80 Å². The van der Waals surface area contributed by atoms with Crippen LogP contribution in [0.4, 0.5) is 11.4 Å². The Morgan fingerprint density at radius 1 is 1.02 bits per heavy atom. The predicted octanol–water partition coefficient (Wildman–Crippen LogP) is 2.66. The second kappa shape index (κ2) is 12.4. The second-order valence-corrected chi connectivity index (χ2v) is 16.5. The molecular weight excluding hydrogens is 642 g/mol. The van der Waals surface area contributed by atoms with Crippen LogP contribution in [0.1, 0.15) is 68.8 Å². The molecule has 6 rings (SSSR count). The largest absolute Gasteiger partial charge is 0.510 e. The average molecular weight is 694 g/mol. The van der Waals surface area contributed by atoms with E-state index in [-0.39, 0.29) is 41.5 Å². The second-order valence-electron chi connectivity index (χ2n) is 16.5. The van der Waals surface area contributed by atoms with Crippen LogP contribution in [0, 0.1) is 29.1 Å². The number of carbonyl (C=O) groups is 4. The molecule has 1 aliphatic heterocycles. The van der Waals surface area contributed by atoms with Gasteiger partial charge in [-0.3, -0.25) is 29.0 Å². The van der Waals surface area contributed by atoms with E-state index < -0.39 is 63.8 Å². The van der Waals surface area contributed by atoms with E-state index in [0.29, 0.717) is 41.7 Å². The van der Waals surface area contributed by atoms with Gasteiger partial charge in [0.05, 0.1) is 23.2 Å². The van der Waals surface area contributed by atoms with Crippen LogP contribution in [0.2, 0.25) is 0 Å². The van der Waals surface area contributed by atoms with E-state index in [1.54, 1.807) is 39.2 Å². The van der Waals surface area contributed by atoms with Crippen LogP contribution in [-0.4, -0.2) is 113 Å². The summed E-state index contributed by atoms with van der Waals surface area (Å²) >= 11 is 0. The van der Waals surface area contributed by atoms with Gasteiger partial charge < -0.3 is 36.4 Å². The number of benzene rings is 1. The maximum absolute atomic E-state index is 14.3. The van der Waals surface area contributed by atoms with Crippen molar-refractivity contribution in [2.45, 2.75) is 77.0 Å². The molecule has 1 aromatic carbocycles. The first-order chi connectivity index (χ1) is 23.3. The maximum Gasteiger partial charge on any atom is 0.255 e. The summed E-state index contributed by atoms with van der Waals surface area (Å²) in [6.07, 6.45) is 4.71. The number of allylic oxidation sites excluding steroid dienone is 1. The Labute approximate surface area is 292 Å². The summed E-state index contributed by atoms with van der Waals surface area (Å²) in [7, 11) is 6.73. The maximum atomic E-state index is 14.3. The molecule has 0 unspecified atom stereocenters. The average Bonchev–Trinajstić information content (AvgIpc) is 2.99. The lowest BCUT2D eigenvalue weighted by molar-refractivity contribution is -0.148. The summed E-state index contributed by atoms with van der Waals surface area (Å²) in [6, 6.07) is 1.02. The van der Waals surface area contributed by atoms with Crippen LogP contribution < -0.4 is 16.0 Å². The molecule has 5 aliphatic rings. The third-order valence-corrected chi connectivity index (χ3v) is 12.2. The van der Waals surface area contributed by atoms with Gasteiger partial charge in [0, 0.05) is 50.4 Å². The van der Waals surface area contributed by atoms with Gasteiger partial charge in [-0.25, -0.2) is 0 Å². The molecule has 13 nitrogen and oxygen atoms in total. The fourth-order valence-electron chi connectivity index (χ4n) is 9.31. The molecular formula is C37H51N5O8. The Hall–Kier alpha value is -3.94. The zero-order valence-electron chi connectivity index (χ0n) is 30.0. The number of nitrogens with one attached hydrogen (secondary N) is 1. The Morgan fingerprint density at radius 2 is 1.64 bits per heavy atom. The molecule has 2 fully saturated rings. The monoisotopic (exact) mass is 693 g/mol. The quantitative estimate of drug-likeness (QED) is 0.189. The molecule has 0 aromatic heterocycles. The number of anilines is 2. The van der Waals surface area contributed by atoms with Gasteiger partial charge in [0.1, 0.15) is 17.1 Å². The molecule has 0 radical (unpaired) electrons. The molecule has 2 amide bonds. The number of likely N-dealkylation sites (tertiary alicyclic amines) is 1. The lowest BCUT2D eigenvalue weighted by Crippen LogP contribution is -2.63. The minimum absolute atomic E-state index is 0.00604. The van der Waals surface area contributed by atoms with Crippen molar-refractivity contribution >= 4 is 34.8 Å². The number of fused-ring (bicyclic) bond motifs is 3. The van der Waals surface area contributed by atoms with Crippen molar-refractivity contribution in [1.29, 1.82) is 0 Å². The van der Waals surface area contributed by atoms with E-state index in [4.69, 9.17) is 5.73 Å². The summed E-state index contributed by atoms with van der Waals surface area (Å²) in [4.78, 5) is 59.3. The summed E-state index contributed by atoms with van der Waals surface area (Å²) in [5.74, 6) is -7.03. The summed E-state index contributed by atoms with van der Waals surface area (Å²) in [5.41, 5.74) is 2.88. The number of hydrogen-bond acceptors (Lipinski definition) is 11. The SMILES string of the molecule is CN(C)c1cc(NC(=O)C2CN(C3CCC(C(C)(C)C)CC3)C2)c(O)c2c1C[C@H]1C[C@H]3[C@H](N(C)C)C(O)=C(C(N)=O)C(=O)[C@@]3(O)C(O)=C1C2=O. The number of amides is 2. The van der Waals surface area contributed by atoms with Crippen molar-refractivity contribution in [2.24, 2.45) is 34.8 Å². The van der Waals surface area contributed by atoms with Crippen LogP contribution in [-0.2, 0) is 20.8 Å². The number of carbonyl (C=O) groups excluding carboxylic acids is 4. The molecule has 272 valence electrons. The third kappa shape index (κ3) is 5.48. The highest BCUT2D eigenvalue weighted by molar-refractivity contribution is 6.25. The minimum Gasteiger partial charge on any atom is -0.510 e. The van der Waals surface area contributed by atoms with Crippen LogP contribution in [0.5, 0.6) is 5.75 Å². The first-order valence-electron chi connectivity index (χ1n) is 17.5. The molecule has 7 N–H and O–H groups in total. The van der Waals surface area contributed by atoms with E-state index in [2.05, 4.69) is 31.0 Å². The number of phenols is 1. The number of aliphatic hydroxyl groups is 3. The van der Waals surface area contributed by atoms with Gasteiger partial charge in [-0.15, -0.1) is 0 Å². The molecule has 4 atom stereocenters. The van der Waals surface area contributed by atoms with E-state index in [9.17, 15) is 39.6 Å². The number of nitrogens with two attached hydrogens (primary N) is 1. The Morgan fingerprint density at radius 3 is 2.18 bits per heavy atom. The lowest BCUT2D eigenvalue weighted by Gasteiger charge is -2.50. The number of aliphatic hydroxyl groups excluding tert-OH is 2. The van der Waals surface area contributed by atoms with E-state index in [1.807, 2.05) is 0 Å². The highest BCUT2D eigenvalue weighted by Gasteiger charge is 2.63. The molecule has 1 aromatic rings. The highest BCUT2D eigenvalue weighted by atomic mass is 16.3. The van der Waals surface area contributed by atoms with Crippen molar-refractivity contribution in [3.8, 4) is 5.75 Å². The first-order valence-corrected chi connectivity index (χ1v) is 17.5. The fourth-order valence-corrected chi connectivity index (χ4v) is 9.31. The van der Waals surface area contributed by atoms with E-state index in [0.717, 1.165) is 12.8 Å². The number of aromatic hydroxyl groups is 1. The fraction of sp³-hybridized carbons (Fsp3) is 0.622. The van der Waals surface area contributed by atoms with E-state index in [1.165, 1.54) is 17.7 Å². The molecule has 0 spiro atoms. The zero-order chi connectivity index (χ0) is 36.8.